The first-order valence-corrected chi connectivity index (χ1v) is 6.86. The fourth-order valence-electron chi connectivity index (χ4n) is 2.35. The molecule has 0 bridgehead atoms. The number of benzene rings is 1. The Bertz CT molecular complexity index is 904. The molecule has 3 rings (SSSR count). The molecule has 2 aromatic heterocycles. The van der Waals surface area contributed by atoms with Crippen LogP contribution in [0.4, 0.5) is 0 Å². The molecule has 5 heteroatoms. The van der Waals surface area contributed by atoms with Crippen molar-refractivity contribution in [3.05, 3.63) is 69.8 Å². The van der Waals surface area contributed by atoms with Crippen LogP contribution in [0.1, 0.15) is 21.6 Å². The summed E-state index contributed by atoms with van der Waals surface area (Å²) >= 11 is 0. The highest BCUT2D eigenvalue weighted by Gasteiger charge is 2.12. The molecule has 1 aromatic carbocycles. The van der Waals surface area contributed by atoms with Gasteiger partial charge in [0.1, 0.15) is 17.9 Å². The number of aromatic nitrogens is 1. The Morgan fingerprint density at radius 3 is 2.82 bits per heavy atom. The van der Waals surface area contributed by atoms with Gasteiger partial charge in [0.15, 0.2) is 0 Å². The number of carbonyl (C=O) groups excluding carboxylic acids is 1. The van der Waals surface area contributed by atoms with Crippen molar-refractivity contribution in [1.29, 1.82) is 0 Å². The highest BCUT2D eigenvalue weighted by atomic mass is 16.5. The Balaban J connectivity index is 1.89. The molecule has 0 saturated heterocycles. The molecule has 0 saturated carbocycles. The Morgan fingerprint density at radius 1 is 1.27 bits per heavy atom. The number of carbonyl (C=O) groups is 1. The molecule has 112 valence electrons. The maximum absolute atomic E-state index is 12.0. The van der Waals surface area contributed by atoms with Gasteiger partial charge in [-0.3, -0.25) is 0 Å². The molecule has 0 aliphatic rings. The van der Waals surface area contributed by atoms with Crippen LogP contribution in [0.2, 0.25) is 0 Å². The van der Waals surface area contributed by atoms with Crippen LogP contribution >= 0.6 is 0 Å². The van der Waals surface area contributed by atoms with E-state index in [0.29, 0.717) is 16.8 Å². The quantitative estimate of drug-likeness (QED) is 0.551. The lowest BCUT2D eigenvalue weighted by Crippen LogP contribution is -2.11. The van der Waals surface area contributed by atoms with Gasteiger partial charge in [-0.25, -0.2) is 9.59 Å². The number of hydrogen-bond acceptors (Lipinski definition) is 4. The fourth-order valence-corrected chi connectivity index (χ4v) is 2.35. The zero-order chi connectivity index (χ0) is 15.7. The molecule has 3 aromatic rings. The SMILES string of the molecule is Cc1ccc2c(COC(=O)c3cccn3C)cc(=O)oc2c1. The van der Waals surface area contributed by atoms with Gasteiger partial charge in [0.05, 0.1) is 0 Å². The Labute approximate surface area is 126 Å². The van der Waals surface area contributed by atoms with Gasteiger partial charge < -0.3 is 13.7 Å². The molecule has 22 heavy (non-hydrogen) atoms. The smallest absolute Gasteiger partial charge is 0.355 e. The fraction of sp³-hybridized carbons (Fsp3) is 0.176. The van der Waals surface area contributed by atoms with Gasteiger partial charge in [-0.05, 0) is 30.7 Å². The first-order chi connectivity index (χ1) is 10.5. The van der Waals surface area contributed by atoms with Crippen molar-refractivity contribution in [3.63, 3.8) is 0 Å². The van der Waals surface area contributed by atoms with Crippen LogP contribution in [0.3, 0.4) is 0 Å². The summed E-state index contributed by atoms with van der Waals surface area (Å²) in [5, 5.41) is 0.768. The molecule has 2 heterocycles. The topological polar surface area (TPSA) is 61.4 Å². The minimum atomic E-state index is -0.456. The number of hydrogen-bond donors (Lipinski definition) is 0. The molecule has 0 atom stereocenters. The van der Waals surface area contributed by atoms with Gasteiger partial charge in [0.2, 0.25) is 0 Å². The molecule has 0 unspecified atom stereocenters. The molecule has 0 spiro atoms. The van der Waals surface area contributed by atoms with Crippen molar-refractivity contribution in [1.82, 2.24) is 4.57 Å². The number of esters is 1. The third-order valence-electron chi connectivity index (χ3n) is 3.50. The number of aryl methyl sites for hydroxylation is 2. The van der Waals surface area contributed by atoms with Crippen LogP contribution in [0.25, 0.3) is 11.0 Å². The monoisotopic (exact) mass is 297 g/mol. The van der Waals surface area contributed by atoms with Gasteiger partial charge >= 0.3 is 11.6 Å². The molecule has 0 aliphatic heterocycles. The maximum Gasteiger partial charge on any atom is 0.355 e. The number of ether oxygens (including phenoxy) is 1. The highest BCUT2D eigenvalue weighted by molar-refractivity contribution is 5.88. The summed E-state index contributed by atoms with van der Waals surface area (Å²) in [4.78, 5) is 23.7. The molecule has 0 amide bonds. The normalized spacial score (nSPS) is 10.8. The molecule has 0 radical (unpaired) electrons. The summed E-state index contributed by atoms with van der Waals surface area (Å²) in [5.74, 6) is -0.430. The molecule has 0 N–H and O–H groups in total. The number of nitrogens with zero attached hydrogens (tertiary/aromatic N) is 1. The van der Waals surface area contributed by atoms with E-state index in [2.05, 4.69) is 0 Å². The van der Waals surface area contributed by atoms with E-state index in [0.717, 1.165) is 10.9 Å². The van der Waals surface area contributed by atoms with Gasteiger partial charge in [0.25, 0.3) is 0 Å². The summed E-state index contributed by atoms with van der Waals surface area (Å²) < 4.78 is 12.2. The van der Waals surface area contributed by atoms with E-state index in [1.165, 1.54) is 6.07 Å². The van der Waals surface area contributed by atoms with E-state index in [4.69, 9.17) is 9.15 Å². The van der Waals surface area contributed by atoms with Crippen molar-refractivity contribution in [2.45, 2.75) is 13.5 Å². The average molecular weight is 297 g/mol. The third-order valence-corrected chi connectivity index (χ3v) is 3.50. The van der Waals surface area contributed by atoms with Crippen LogP contribution in [0.15, 0.2) is 51.8 Å². The average Bonchev–Trinajstić information content (AvgIpc) is 2.90. The van der Waals surface area contributed by atoms with Crippen LogP contribution < -0.4 is 5.63 Å². The van der Waals surface area contributed by atoms with E-state index >= 15 is 0 Å². The first-order valence-electron chi connectivity index (χ1n) is 6.86. The number of fused-ring (bicyclic) bond motifs is 1. The first kappa shape index (κ1) is 14.1. The summed E-state index contributed by atoms with van der Waals surface area (Å²) in [7, 11) is 1.77. The van der Waals surface area contributed by atoms with E-state index in [1.54, 1.807) is 36.0 Å². The van der Waals surface area contributed by atoms with Crippen molar-refractivity contribution in [2.75, 3.05) is 0 Å². The second-order valence-corrected chi connectivity index (χ2v) is 5.17. The van der Waals surface area contributed by atoms with Crippen LogP contribution in [0.5, 0.6) is 0 Å². The molecule has 5 nitrogen and oxygen atoms in total. The van der Waals surface area contributed by atoms with E-state index in [-0.39, 0.29) is 6.61 Å². The second-order valence-electron chi connectivity index (χ2n) is 5.17. The van der Waals surface area contributed by atoms with Crippen molar-refractivity contribution in [2.24, 2.45) is 7.05 Å². The molecular weight excluding hydrogens is 282 g/mol. The summed E-state index contributed by atoms with van der Waals surface area (Å²) in [6, 6.07) is 10.4. The standard InChI is InChI=1S/C17H15NO4/c1-11-5-6-13-12(9-16(19)22-15(13)8-11)10-21-17(20)14-4-3-7-18(14)2/h3-9H,10H2,1-2H3. The van der Waals surface area contributed by atoms with Crippen molar-refractivity contribution >= 4 is 16.9 Å². The highest BCUT2D eigenvalue weighted by Crippen LogP contribution is 2.19. The van der Waals surface area contributed by atoms with Gasteiger partial charge in [0, 0.05) is 30.3 Å². The predicted molar refractivity (Wildman–Crippen MR) is 81.8 cm³/mol. The van der Waals surface area contributed by atoms with Crippen molar-refractivity contribution < 1.29 is 13.9 Å². The van der Waals surface area contributed by atoms with E-state index in [1.807, 2.05) is 19.1 Å². The lowest BCUT2D eigenvalue weighted by molar-refractivity contribution is 0.0462. The minimum Gasteiger partial charge on any atom is -0.456 e. The van der Waals surface area contributed by atoms with E-state index in [9.17, 15) is 9.59 Å². The van der Waals surface area contributed by atoms with Gasteiger partial charge in [-0.15, -0.1) is 0 Å². The summed E-state index contributed by atoms with van der Waals surface area (Å²) in [6.45, 7) is 1.94. The summed E-state index contributed by atoms with van der Waals surface area (Å²) in [5.41, 5.74) is 2.13. The zero-order valence-corrected chi connectivity index (χ0v) is 12.3. The Morgan fingerprint density at radius 2 is 2.09 bits per heavy atom. The Hall–Kier alpha value is -2.82. The van der Waals surface area contributed by atoms with Gasteiger partial charge in [-0.2, -0.15) is 0 Å². The Kier molecular flexibility index (Phi) is 3.55. The van der Waals surface area contributed by atoms with Crippen molar-refractivity contribution in [3.8, 4) is 0 Å². The number of rotatable bonds is 3. The van der Waals surface area contributed by atoms with E-state index < -0.39 is 11.6 Å². The lowest BCUT2D eigenvalue weighted by atomic mass is 10.1. The predicted octanol–water partition coefficient (Wildman–Crippen LogP) is 2.80. The van der Waals surface area contributed by atoms with Gasteiger partial charge in [-0.1, -0.05) is 12.1 Å². The largest absolute Gasteiger partial charge is 0.456 e. The van der Waals surface area contributed by atoms with Crippen LogP contribution in [-0.4, -0.2) is 10.5 Å². The lowest BCUT2D eigenvalue weighted by Gasteiger charge is -2.08. The molecule has 0 fully saturated rings. The maximum atomic E-state index is 12.0. The molecule has 0 aliphatic carbocycles. The second kappa shape index (κ2) is 5.52. The van der Waals surface area contributed by atoms with Crippen LogP contribution in [0, 0.1) is 6.92 Å². The third kappa shape index (κ3) is 2.65. The summed E-state index contributed by atoms with van der Waals surface area (Å²) in [6.07, 6.45) is 1.77. The van der Waals surface area contributed by atoms with Crippen LogP contribution in [-0.2, 0) is 18.4 Å². The minimum absolute atomic E-state index is 0.0230. The zero-order valence-electron chi connectivity index (χ0n) is 12.3. The molecular formula is C17H15NO4.